The van der Waals surface area contributed by atoms with Crippen LogP contribution in [-0.4, -0.2) is 25.4 Å². The van der Waals surface area contributed by atoms with Crippen molar-refractivity contribution < 1.29 is 23.8 Å². The molecule has 7 heteroatoms. The van der Waals surface area contributed by atoms with Gasteiger partial charge in [0.25, 0.3) is 5.91 Å². The van der Waals surface area contributed by atoms with Gasteiger partial charge in [0.1, 0.15) is 0 Å². The molecule has 1 heterocycles. The summed E-state index contributed by atoms with van der Waals surface area (Å²) in [5, 5.41) is 0. The molecule has 96 valence electrons. The van der Waals surface area contributed by atoms with Gasteiger partial charge in [-0.2, -0.15) is 0 Å². The molecule has 18 heavy (non-hydrogen) atoms. The smallest absolute Gasteiger partial charge is 0.426 e. The first-order valence-electron chi connectivity index (χ1n) is 5.33. The van der Waals surface area contributed by atoms with E-state index in [1.165, 1.54) is 6.07 Å². The standard InChI is InChI=1S/C11H12N2O5/c1-2-16-11(15)13-12-10(14)7-3-4-8-9(5-7)18-6-17-8/h3-5H,2,6H2,1H3,(H,12,14)(H,13,15). The van der Waals surface area contributed by atoms with E-state index >= 15 is 0 Å². The Morgan fingerprint density at radius 3 is 2.83 bits per heavy atom. The number of hydrogen-bond acceptors (Lipinski definition) is 5. The highest BCUT2D eigenvalue weighted by Crippen LogP contribution is 2.32. The van der Waals surface area contributed by atoms with Gasteiger partial charge in [-0.15, -0.1) is 0 Å². The molecule has 0 atom stereocenters. The zero-order valence-corrected chi connectivity index (χ0v) is 9.69. The molecule has 1 aromatic carbocycles. The number of hydrogen-bond donors (Lipinski definition) is 2. The molecular weight excluding hydrogens is 240 g/mol. The lowest BCUT2D eigenvalue weighted by Gasteiger charge is -2.07. The zero-order valence-electron chi connectivity index (χ0n) is 9.69. The molecule has 0 saturated carbocycles. The van der Waals surface area contributed by atoms with E-state index in [-0.39, 0.29) is 13.4 Å². The minimum atomic E-state index is -0.716. The van der Waals surface area contributed by atoms with Crippen molar-refractivity contribution in [3.8, 4) is 11.5 Å². The van der Waals surface area contributed by atoms with Crippen LogP contribution in [0.3, 0.4) is 0 Å². The van der Waals surface area contributed by atoms with E-state index < -0.39 is 12.0 Å². The first-order chi connectivity index (χ1) is 8.70. The van der Waals surface area contributed by atoms with Gasteiger partial charge < -0.3 is 14.2 Å². The van der Waals surface area contributed by atoms with Gasteiger partial charge >= 0.3 is 6.09 Å². The van der Waals surface area contributed by atoms with Crippen LogP contribution in [0.5, 0.6) is 11.5 Å². The highest BCUT2D eigenvalue weighted by Gasteiger charge is 2.16. The van der Waals surface area contributed by atoms with Gasteiger partial charge in [-0.05, 0) is 25.1 Å². The number of carbonyl (C=O) groups excluding carboxylic acids is 2. The number of ether oxygens (including phenoxy) is 3. The van der Waals surface area contributed by atoms with Gasteiger partial charge in [-0.25, -0.2) is 10.2 Å². The van der Waals surface area contributed by atoms with E-state index in [9.17, 15) is 9.59 Å². The van der Waals surface area contributed by atoms with Crippen LogP contribution in [0.15, 0.2) is 18.2 Å². The van der Waals surface area contributed by atoms with Gasteiger partial charge in [0, 0.05) is 5.56 Å². The average Bonchev–Trinajstić information content (AvgIpc) is 2.83. The number of fused-ring (bicyclic) bond motifs is 1. The van der Waals surface area contributed by atoms with Gasteiger partial charge in [0.15, 0.2) is 11.5 Å². The molecule has 0 spiro atoms. The third-order valence-electron chi connectivity index (χ3n) is 2.19. The predicted molar refractivity (Wildman–Crippen MR) is 60.2 cm³/mol. The quantitative estimate of drug-likeness (QED) is 0.760. The molecule has 0 fully saturated rings. The molecule has 0 radical (unpaired) electrons. The Bertz CT molecular complexity index is 475. The molecule has 0 bridgehead atoms. The molecule has 1 aliphatic heterocycles. The maximum absolute atomic E-state index is 11.7. The number of carbonyl (C=O) groups is 2. The van der Waals surface area contributed by atoms with E-state index in [1.54, 1.807) is 19.1 Å². The normalized spacial score (nSPS) is 11.8. The molecule has 7 nitrogen and oxygen atoms in total. The van der Waals surface area contributed by atoms with Crippen LogP contribution in [0.2, 0.25) is 0 Å². The molecule has 1 aromatic rings. The van der Waals surface area contributed by atoms with Gasteiger partial charge in [0.2, 0.25) is 6.79 Å². The highest BCUT2D eigenvalue weighted by molar-refractivity contribution is 5.95. The van der Waals surface area contributed by atoms with E-state index in [0.29, 0.717) is 17.1 Å². The van der Waals surface area contributed by atoms with Crippen LogP contribution < -0.4 is 20.3 Å². The lowest BCUT2D eigenvalue weighted by atomic mass is 10.2. The first-order valence-corrected chi connectivity index (χ1v) is 5.33. The summed E-state index contributed by atoms with van der Waals surface area (Å²) in [6.07, 6.45) is -0.716. The second-order valence-corrected chi connectivity index (χ2v) is 3.37. The number of hydrazine groups is 1. The van der Waals surface area contributed by atoms with Crippen molar-refractivity contribution in [1.82, 2.24) is 10.9 Å². The summed E-state index contributed by atoms with van der Waals surface area (Å²) in [6.45, 7) is 2.03. The molecule has 2 amide bonds. The molecule has 0 saturated heterocycles. The predicted octanol–water partition coefficient (Wildman–Crippen LogP) is 0.806. The van der Waals surface area contributed by atoms with E-state index in [0.717, 1.165) is 0 Å². The molecule has 2 rings (SSSR count). The van der Waals surface area contributed by atoms with Gasteiger partial charge in [0.05, 0.1) is 6.61 Å². The molecule has 1 aliphatic rings. The van der Waals surface area contributed by atoms with Crippen molar-refractivity contribution in [2.24, 2.45) is 0 Å². The molecule has 0 aliphatic carbocycles. The van der Waals surface area contributed by atoms with Crippen molar-refractivity contribution in [3.05, 3.63) is 23.8 Å². The topological polar surface area (TPSA) is 85.9 Å². The molecule has 2 N–H and O–H groups in total. The van der Waals surface area contributed by atoms with Gasteiger partial charge in [-0.3, -0.25) is 10.2 Å². The van der Waals surface area contributed by atoms with Gasteiger partial charge in [-0.1, -0.05) is 0 Å². The van der Waals surface area contributed by atoms with Crippen molar-refractivity contribution >= 4 is 12.0 Å². The molecule has 0 aromatic heterocycles. The van der Waals surface area contributed by atoms with Crippen LogP contribution in [0, 0.1) is 0 Å². The summed E-state index contributed by atoms with van der Waals surface area (Å²) >= 11 is 0. The lowest BCUT2D eigenvalue weighted by Crippen LogP contribution is -2.41. The third kappa shape index (κ3) is 2.62. The second kappa shape index (κ2) is 5.26. The summed E-state index contributed by atoms with van der Waals surface area (Å²) < 4.78 is 14.9. The summed E-state index contributed by atoms with van der Waals surface area (Å²) in [7, 11) is 0. The minimum absolute atomic E-state index is 0.140. The largest absolute Gasteiger partial charge is 0.454 e. The van der Waals surface area contributed by atoms with Crippen molar-refractivity contribution in [2.75, 3.05) is 13.4 Å². The lowest BCUT2D eigenvalue weighted by molar-refractivity contribution is 0.0912. The van der Waals surface area contributed by atoms with Crippen molar-refractivity contribution in [2.45, 2.75) is 6.92 Å². The first kappa shape index (κ1) is 12.0. The van der Waals surface area contributed by atoms with E-state index in [4.69, 9.17) is 9.47 Å². The second-order valence-electron chi connectivity index (χ2n) is 3.37. The third-order valence-corrected chi connectivity index (χ3v) is 2.19. The number of rotatable bonds is 2. The van der Waals surface area contributed by atoms with Crippen molar-refractivity contribution in [1.29, 1.82) is 0 Å². The Morgan fingerprint density at radius 1 is 1.28 bits per heavy atom. The average molecular weight is 252 g/mol. The van der Waals surface area contributed by atoms with Crippen LogP contribution in [0.1, 0.15) is 17.3 Å². The summed E-state index contributed by atoms with van der Waals surface area (Å²) in [6, 6.07) is 4.72. The van der Waals surface area contributed by atoms with E-state index in [1.807, 2.05) is 0 Å². The molecule has 0 unspecified atom stereocenters. The van der Waals surface area contributed by atoms with Crippen LogP contribution >= 0.6 is 0 Å². The highest BCUT2D eigenvalue weighted by atomic mass is 16.7. The fourth-order valence-electron chi connectivity index (χ4n) is 1.38. The van der Waals surface area contributed by atoms with E-state index in [2.05, 4.69) is 15.6 Å². The summed E-state index contributed by atoms with van der Waals surface area (Å²) in [4.78, 5) is 22.6. The maximum atomic E-state index is 11.7. The number of benzene rings is 1. The number of amides is 2. The summed E-state index contributed by atoms with van der Waals surface area (Å²) in [5.74, 6) is 0.616. The van der Waals surface area contributed by atoms with Crippen LogP contribution in [0.25, 0.3) is 0 Å². The Balaban J connectivity index is 1.95. The summed E-state index contributed by atoms with van der Waals surface area (Å²) in [5.41, 5.74) is 4.68. The zero-order chi connectivity index (χ0) is 13.0. The fraction of sp³-hybridized carbons (Fsp3) is 0.273. The van der Waals surface area contributed by atoms with Crippen LogP contribution in [0.4, 0.5) is 4.79 Å². The SMILES string of the molecule is CCOC(=O)NNC(=O)c1ccc2c(c1)OCO2. The maximum Gasteiger partial charge on any atom is 0.426 e. The Hall–Kier alpha value is -2.44. The Morgan fingerprint density at radius 2 is 2.06 bits per heavy atom. The van der Waals surface area contributed by atoms with Crippen LogP contribution in [-0.2, 0) is 4.74 Å². The number of nitrogens with one attached hydrogen (secondary N) is 2. The monoisotopic (exact) mass is 252 g/mol. The Labute approximate surface area is 103 Å². The molecular formula is C11H12N2O5. The minimum Gasteiger partial charge on any atom is -0.454 e. The van der Waals surface area contributed by atoms with Crippen molar-refractivity contribution in [3.63, 3.8) is 0 Å². The fourth-order valence-corrected chi connectivity index (χ4v) is 1.38. The Kier molecular flexibility index (Phi) is 3.52.